The van der Waals surface area contributed by atoms with Crippen LogP contribution in [-0.2, 0) is 9.53 Å². The van der Waals surface area contributed by atoms with Crippen LogP contribution in [0.2, 0.25) is 0 Å². The number of likely N-dealkylation sites (N-methyl/N-ethyl adjacent to an activating group) is 1. The van der Waals surface area contributed by atoms with Gasteiger partial charge in [0.15, 0.2) is 0 Å². The molecule has 0 aromatic heterocycles. The minimum absolute atomic E-state index is 0.244. The van der Waals surface area contributed by atoms with E-state index in [-0.39, 0.29) is 19.2 Å². The van der Waals surface area contributed by atoms with E-state index < -0.39 is 0 Å². The third-order valence-corrected chi connectivity index (χ3v) is 0.699. The fourth-order valence-electron chi connectivity index (χ4n) is 0.348. The molecular formula is C5H12N2O2. The SMILES string of the molecule is CNCOC(=O)CNC. The summed E-state index contributed by atoms with van der Waals surface area (Å²) in [4.78, 5) is 10.5. The van der Waals surface area contributed by atoms with Crippen LogP contribution in [0.15, 0.2) is 0 Å². The Kier molecular flexibility index (Phi) is 5.15. The molecule has 0 aliphatic rings. The van der Waals surface area contributed by atoms with E-state index in [9.17, 15) is 4.79 Å². The van der Waals surface area contributed by atoms with Gasteiger partial charge in [0.05, 0.1) is 6.54 Å². The van der Waals surface area contributed by atoms with Crippen molar-refractivity contribution in [2.45, 2.75) is 0 Å². The summed E-state index contributed by atoms with van der Waals surface area (Å²) in [5.41, 5.74) is 0. The van der Waals surface area contributed by atoms with Gasteiger partial charge in [0.25, 0.3) is 0 Å². The molecule has 9 heavy (non-hydrogen) atoms. The highest BCUT2D eigenvalue weighted by molar-refractivity contribution is 5.71. The number of carbonyl (C=O) groups excluding carboxylic acids is 1. The zero-order chi connectivity index (χ0) is 7.11. The highest BCUT2D eigenvalue weighted by Crippen LogP contribution is 1.70. The Morgan fingerprint density at radius 1 is 1.44 bits per heavy atom. The summed E-state index contributed by atoms with van der Waals surface area (Å²) in [5, 5.41) is 5.36. The van der Waals surface area contributed by atoms with Crippen LogP contribution < -0.4 is 10.6 Å². The number of carbonyl (C=O) groups is 1. The maximum Gasteiger partial charge on any atom is 0.321 e. The van der Waals surface area contributed by atoms with Gasteiger partial charge >= 0.3 is 5.97 Å². The van der Waals surface area contributed by atoms with Crippen LogP contribution in [0.3, 0.4) is 0 Å². The van der Waals surface area contributed by atoms with Gasteiger partial charge in [0.1, 0.15) is 6.73 Å². The largest absolute Gasteiger partial charge is 0.449 e. The highest BCUT2D eigenvalue weighted by Gasteiger charge is 1.96. The van der Waals surface area contributed by atoms with Gasteiger partial charge in [-0.15, -0.1) is 0 Å². The van der Waals surface area contributed by atoms with Crippen molar-refractivity contribution in [1.82, 2.24) is 10.6 Å². The van der Waals surface area contributed by atoms with E-state index in [1.165, 1.54) is 0 Å². The Morgan fingerprint density at radius 2 is 2.11 bits per heavy atom. The number of nitrogens with one attached hydrogen (secondary N) is 2. The maximum absolute atomic E-state index is 10.5. The smallest absolute Gasteiger partial charge is 0.321 e. The molecule has 0 bridgehead atoms. The lowest BCUT2D eigenvalue weighted by Crippen LogP contribution is -2.24. The summed E-state index contributed by atoms with van der Waals surface area (Å²) < 4.78 is 4.62. The Morgan fingerprint density at radius 3 is 2.56 bits per heavy atom. The molecule has 54 valence electrons. The van der Waals surface area contributed by atoms with Gasteiger partial charge in [-0.3, -0.25) is 10.1 Å². The predicted molar refractivity (Wildman–Crippen MR) is 33.9 cm³/mol. The van der Waals surface area contributed by atoms with Crippen molar-refractivity contribution in [1.29, 1.82) is 0 Å². The summed E-state index contributed by atoms with van der Waals surface area (Å²) >= 11 is 0. The number of esters is 1. The van der Waals surface area contributed by atoms with Crippen molar-refractivity contribution < 1.29 is 9.53 Å². The van der Waals surface area contributed by atoms with Gasteiger partial charge in [-0.1, -0.05) is 0 Å². The molecule has 0 aromatic carbocycles. The lowest BCUT2D eigenvalue weighted by Gasteiger charge is -2.00. The molecule has 0 atom stereocenters. The summed E-state index contributed by atoms with van der Waals surface area (Å²) in [6, 6.07) is 0. The second-order valence-corrected chi connectivity index (χ2v) is 1.54. The summed E-state index contributed by atoms with van der Waals surface area (Å²) in [6.07, 6.45) is 0. The molecule has 0 saturated carbocycles. The van der Waals surface area contributed by atoms with E-state index in [4.69, 9.17) is 0 Å². The van der Waals surface area contributed by atoms with E-state index in [1.807, 2.05) is 0 Å². The van der Waals surface area contributed by atoms with Crippen molar-refractivity contribution in [2.75, 3.05) is 27.4 Å². The van der Waals surface area contributed by atoms with Gasteiger partial charge in [0.2, 0.25) is 0 Å². The van der Waals surface area contributed by atoms with E-state index in [2.05, 4.69) is 15.4 Å². The molecule has 0 heterocycles. The van der Waals surface area contributed by atoms with Crippen molar-refractivity contribution >= 4 is 5.97 Å². The number of hydrogen-bond donors (Lipinski definition) is 2. The van der Waals surface area contributed by atoms with Gasteiger partial charge in [-0.05, 0) is 14.1 Å². The summed E-state index contributed by atoms with van der Waals surface area (Å²) in [7, 11) is 3.41. The van der Waals surface area contributed by atoms with E-state index >= 15 is 0 Å². The van der Waals surface area contributed by atoms with Crippen LogP contribution in [0, 0.1) is 0 Å². The van der Waals surface area contributed by atoms with Crippen LogP contribution >= 0.6 is 0 Å². The molecule has 0 aliphatic heterocycles. The first kappa shape index (κ1) is 8.39. The van der Waals surface area contributed by atoms with Crippen LogP contribution in [0.25, 0.3) is 0 Å². The minimum atomic E-state index is -0.244. The highest BCUT2D eigenvalue weighted by atomic mass is 16.5. The quantitative estimate of drug-likeness (QED) is 0.377. The lowest BCUT2D eigenvalue weighted by molar-refractivity contribution is -0.143. The van der Waals surface area contributed by atoms with Crippen molar-refractivity contribution in [3.05, 3.63) is 0 Å². The minimum Gasteiger partial charge on any atom is -0.449 e. The number of hydrogen-bond acceptors (Lipinski definition) is 4. The van der Waals surface area contributed by atoms with Crippen LogP contribution in [0.1, 0.15) is 0 Å². The second kappa shape index (κ2) is 5.53. The van der Waals surface area contributed by atoms with Gasteiger partial charge < -0.3 is 10.1 Å². The topological polar surface area (TPSA) is 50.4 Å². The van der Waals surface area contributed by atoms with Crippen molar-refractivity contribution in [3.8, 4) is 0 Å². The van der Waals surface area contributed by atoms with E-state index in [1.54, 1.807) is 14.1 Å². The molecule has 4 nitrogen and oxygen atoms in total. The summed E-state index contributed by atoms with van der Waals surface area (Å²) in [6.45, 7) is 0.544. The van der Waals surface area contributed by atoms with E-state index in [0.717, 1.165) is 0 Å². The average molecular weight is 132 g/mol. The van der Waals surface area contributed by atoms with Gasteiger partial charge in [0, 0.05) is 0 Å². The first-order valence-electron chi connectivity index (χ1n) is 2.76. The monoisotopic (exact) mass is 132 g/mol. The molecule has 0 fully saturated rings. The first-order valence-corrected chi connectivity index (χ1v) is 2.76. The summed E-state index contributed by atoms with van der Waals surface area (Å²) in [5.74, 6) is -0.244. The molecular weight excluding hydrogens is 120 g/mol. The lowest BCUT2D eigenvalue weighted by atomic mass is 10.7. The average Bonchev–Trinajstić information content (AvgIpc) is 1.85. The molecule has 0 saturated heterocycles. The van der Waals surface area contributed by atoms with Gasteiger partial charge in [-0.2, -0.15) is 0 Å². The van der Waals surface area contributed by atoms with Crippen molar-refractivity contribution in [2.24, 2.45) is 0 Å². The molecule has 0 rings (SSSR count). The molecule has 4 heteroatoms. The van der Waals surface area contributed by atoms with Gasteiger partial charge in [-0.25, -0.2) is 0 Å². The molecule has 0 unspecified atom stereocenters. The third kappa shape index (κ3) is 5.26. The van der Waals surface area contributed by atoms with Crippen LogP contribution in [-0.4, -0.2) is 33.3 Å². The first-order chi connectivity index (χ1) is 4.31. The fraction of sp³-hybridized carbons (Fsp3) is 0.800. The Bertz CT molecular complexity index is 85.0. The normalized spacial score (nSPS) is 9.11. The van der Waals surface area contributed by atoms with E-state index in [0.29, 0.717) is 0 Å². The van der Waals surface area contributed by atoms with Crippen molar-refractivity contribution in [3.63, 3.8) is 0 Å². The number of ether oxygens (including phenoxy) is 1. The zero-order valence-corrected chi connectivity index (χ0v) is 5.73. The van der Waals surface area contributed by atoms with Crippen LogP contribution in [0.4, 0.5) is 0 Å². The molecule has 2 N–H and O–H groups in total. The fourth-order valence-corrected chi connectivity index (χ4v) is 0.348. The van der Waals surface area contributed by atoms with Crippen LogP contribution in [0.5, 0.6) is 0 Å². The molecule has 0 aromatic rings. The molecule has 0 amide bonds. The predicted octanol–water partition coefficient (Wildman–Crippen LogP) is -1.07. The molecule has 0 radical (unpaired) electrons. The maximum atomic E-state index is 10.5. The third-order valence-electron chi connectivity index (χ3n) is 0.699. The standard InChI is InChI=1S/C5H12N2O2/c1-6-3-5(8)9-4-7-2/h6-7H,3-4H2,1-2H3. The Hall–Kier alpha value is -0.610. The second-order valence-electron chi connectivity index (χ2n) is 1.54. The molecule has 0 aliphatic carbocycles. The number of rotatable bonds is 4. The zero-order valence-electron chi connectivity index (χ0n) is 5.73. The molecule has 0 spiro atoms. The Labute approximate surface area is 54.6 Å². The Balaban J connectivity index is 3.06.